The van der Waals surface area contributed by atoms with Crippen LogP contribution in [-0.4, -0.2) is 42.6 Å². The summed E-state index contributed by atoms with van der Waals surface area (Å²) < 4.78 is 0. The number of hydrogen-bond donors (Lipinski definition) is 1. The minimum absolute atomic E-state index is 0. The average molecular weight is 365 g/mol. The van der Waals surface area contributed by atoms with Crippen molar-refractivity contribution in [2.75, 3.05) is 42.9 Å². The number of para-hydroxylation sites is 1. The first-order valence-electron chi connectivity index (χ1n) is 8.60. The van der Waals surface area contributed by atoms with Crippen molar-refractivity contribution >= 4 is 34.6 Å². The molecule has 1 aromatic carbocycles. The third-order valence-corrected chi connectivity index (χ3v) is 6.06. The van der Waals surface area contributed by atoms with Gasteiger partial charge < -0.3 is 10.2 Å². The standard InChI is InChI=1S/C18H24N4S.ClH/c1-2-16-12-20-18(23-16)22-10-8-21(9-11-22)13-15-5-3-4-14-6-7-19-17(14)15;/h3-5,12,19H,2,6-11,13H2,1H3;1H. The van der Waals surface area contributed by atoms with Crippen molar-refractivity contribution in [3.63, 3.8) is 0 Å². The van der Waals surface area contributed by atoms with Crippen LogP contribution in [0.25, 0.3) is 0 Å². The van der Waals surface area contributed by atoms with E-state index in [-0.39, 0.29) is 12.4 Å². The number of nitrogens with zero attached hydrogens (tertiary/aromatic N) is 3. The van der Waals surface area contributed by atoms with Gasteiger partial charge in [0.2, 0.25) is 0 Å². The van der Waals surface area contributed by atoms with Crippen LogP contribution < -0.4 is 10.2 Å². The van der Waals surface area contributed by atoms with Crippen LogP contribution in [0.2, 0.25) is 0 Å². The number of piperazine rings is 1. The topological polar surface area (TPSA) is 31.4 Å². The van der Waals surface area contributed by atoms with Crippen LogP contribution in [-0.2, 0) is 19.4 Å². The molecule has 0 amide bonds. The maximum Gasteiger partial charge on any atom is 0.185 e. The van der Waals surface area contributed by atoms with Crippen molar-refractivity contribution < 1.29 is 0 Å². The number of benzene rings is 1. The SMILES string of the molecule is CCc1cnc(N2CCN(Cc3cccc4c3NCC4)CC2)s1.Cl. The second-order valence-electron chi connectivity index (χ2n) is 6.35. The molecule has 0 radical (unpaired) electrons. The van der Waals surface area contributed by atoms with Gasteiger partial charge in [-0.2, -0.15) is 0 Å². The summed E-state index contributed by atoms with van der Waals surface area (Å²) in [6, 6.07) is 6.74. The number of nitrogens with one attached hydrogen (secondary N) is 1. The molecule has 2 aliphatic heterocycles. The van der Waals surface area contributed by atoms with E-state index in [0.717, 1.165) is 45.7 Å². The predicted octanol–water partition coefficient (Wildman–Crippen LogP) is 3.42. The summed E-state index contributed by atoms with van der Waals surface area (Å²) in [4.78, 5) is 11.0. The van der Waals surface area contributed by atoms with Crippen LogP contribution in [0.3, 0.4) is 0 Å². The first-order chi connectivity index (χ1) is 11.3. The molecule has 0 spiro atoms. The van der Waals surface area contributed by atoms with E-state index in [1.807, 2.05) is 17.5 Å². The number of rotatable bonds is 4. The fraction of sp³-hybridized carbons (Fsp3) is 0.500. The molecule has 3 heterocycles. The Labute approximate surface area is 154 Å². The lowest BCUT2D eigenvalue weighted by Gasteiger charge is -2.34. The van der Waals surface area contributed by atoms with Gasteiger partial charge in [0, 0.05) is 56.0 Å². The molecule has 0 unspecified atom stereocenters. The Hall–Kier alpha value is -1.30. The molecule has 0 aliphatic carbocycles. The molecule has 2 aliphatic rings. The fourth-order valence-corrected chi connectivity index (χ4v) is 4.39. The van der Waals surface area contributed by atoms with Crippen LogP contribution in [0.15, 0.2) is 24.4 Å². The second-order valence-corrected chi connectivity index (χ2v) is 7.45. The fourth-order valence-electron chi connectivity index (χ4n) is 3.49. The third-order valence-electron chi connectivity index (χ3n) is 4.86. The molecule has 0 bridgehead atoms. The highest BCUT2D eigenvalue weighted by atomic mass is 35.5. The Morgan fingerprint density at radius 2 is 2.04 bits per heavy atom. The summed E-state index contributed by atoms with van der Waals surface area (Å²) in [5, 5.41) is 4.75. The van der Waals surface area contributed by atoms with Crippen LogP contribution in [0.4, 0.5) is 10.8 Å². The number of hydrogen-bond acceptors (Lipinski definition) is 5. The quantitative estimate of drug-likeness (QED) is 0.900. The second kappa shape index (κ2) is 7.72. The maximum absolute atomic E-state index is 4.58. The molecule has 1 fully saturated rings. The van der Waals surface area contributed by atoms with Crippen molar-refractivity contribution in [2.24, 2.45) is 0 Å². The number of aryl methyl sites for hydroxylation is 1. The van der Waals surface area contributed by atoms with Crippen LogP contribution in [0.5, 0.6) is 0 Å². The molecule has 2 aromatic rings. The number of halogens is 1. The highest BCUT2D eigenvalue weighted by molar-refractivity contribution is 7.15. The predicted molar refractivity (Wildman–Crippen MR) is 105 cm³/mol. The minimum Gasteiger partial charge on any atom is -0.384 e. The molecule has 24 heavy (non-hydrogen) atoms. The van der Waals surface area contributed by atoms with Gasteiger partial charge in [-0.1, -0.05) is 25.1 Å². The van der Waals surface area contributed by atoms with Crippen LogP contribution >= 0.6 is 23.7 Å². The van der Waals surface area contributed by atoms with Gasteiger partial charge in [0.1, 0.15) is 0 Å². The normalized spacial score (nSPS) is 17.3. The van der Waals surface area contributed by atoms with Crippen LogP contribution in [0.1, 0.15) is 22.9 Å². The van der Waals surface area contributed by atoms with E-state index in [9.17, 15) is 0 Å². The van der Waals surface area contributed by atoms with Crippen molar-refractivity contribution in [1.29, 1.82) is 0 Å². The van der Waals surface area contributed by atoms with Gasteiger partial charge in [0.15, 0.2) is 5.13 Å². The zero-order chi connectivity index (χ0) is 15.6. The molecule has 130 valence electrons. The zero-order valence-corrected chi connectivity index (χ0v) is 15.8. The first-order valence-corrected chi connectivity index (χ1v) is 9.42. The average Bonchev–Trinajstić information content (AvgIpc) is 3.25. The van der Waals surface area contributed by atoms with Gasteiger partial charge in [0.25, 0.3) is 0 Å². The molecule has 4 nitrogen and oxygen atoms in total. The van der Waals surface area contributed by atoms with E-state index in [0.29, 0.717) is 0 Å². The third kappa shape index (κ3) is 3.53. The van der Waals surface area contributed by atoms with Crippen molar-refractivity contribution in [3.8, 4) is 0 Å². The van der Waals surface area contributed by atoms with E-state index < -0.39 is 0 Å². The van der Waals surface area contributed by atoms with Gasteiger partial charge in [-0.15, -0.1) is 23.7 Å². The summed E-state index contributed by atoms with van der Waals surface area (Å²) in [6.07, 6.45) is 4.29. The highest BCUT2D eigenvalue weighted by Gasteiger charge is 2.21. The van der Waals surface area contributed by atoms with E-state index >= 15 is 0 Å². The zero-order valence-electron chi connectivity index (χ0n) is 14.1. The molecule has 4 rings (SSSR count). The molecule has 6 heteroatoms. The Kier molecular flexibility index (Phi) is 5.64. The summed E-state index contributed by atoms with van der Waals surface area (Å²) >= 11 is 1.85. The van der Waals surface area contributed by atoms with Gasteiger partial charge in [-0.3, -0.25) is 4.90 Å². The summed E-state index contributed by atoms with van der Waals surface area (Å²) in [6.45, 7) is 8.74. The lowest BCUT2D eigenvalue weighted by Crippen LogP contribution is -2.46. The molecule has 1 aromatic heterocycles. The maximum atomic E-state index is 4.58. The molecule has 0 atom stereocenters. The molecule has 1 N–H and O–H groups in total. The lowest BCUT2D eigenvalue weighted by molar-refractivity contribution is 0.250. The Bertz CT molecular complexity index is 679. The minimum atomic E-state index is 0. The van der Waals surface area contributed by atoms with Gasteiger partial charge >= 0.3 is 0 Å². The Morgan fingerprint density at radius 3 is 2.79 bits per heavy atom. The van der Waals surface area contributed by atoms with E-state index in [1.165, 1.54) is 33.2 Å². The monoisotopic (exact) mass is 364 g/mol. The number of aromatic nitrogens is 1. The van der Waals surface area contributed by atoms with E-state index in [2.05, 4.69) is 45.2 Å². The Balaban J connectivity index is 0.00000169. The number of anilines is 2. The molecular formula is C18H25ClN4S. The van der Waals surface area contributed by atoms with E-state index in [1.54, 1.807) is 0 Å². The largest absolute Gasteiger partial charge is 0.384 e. The van der Waals surface area contributed by atoms with Gasteiger partial charge in [-0.25, -0.2) is 4.98 Å². The summed E-state index contributed by atoms with van der Waals surface area (Å²) in [7, 11) is 0. The smallest absolute Gasteiger partial charge is 0.185 e. The molecular weight excluding hydrogens is 340 g/mol. The molecule has 1 saturated heterocycles. The summed E-state index contributed by atoms with van der Waals surface area (Å²) in [5.74, 6) is 0. The van der Waals surface area contributed by atoms with Crippen molar-refractivity contribution in [1.82, 2.24) is 9.88 Å². The number of thiazole rings is 1. The van der Waals surface area contributed by atoms with Gasteiger partial charge in [-0.05, 0) is 24.0 Å². The molecule has 0 saturated carbocycles. The van der Waals surface area contributed by atoms with Crippen LogP contribution in [0, 0.1) is 0 Å². The number of fused-ring (bicyclic) bond motifs is 1. The van der Waals surface area contributed by atoms with Crippen molar-refractivity contribution in [2.45, 2.75) is 26.3 Å². The summed E-state index contributed by atoms with van der Waals surface area (Å²) in [5.41, 5.74) is 4.33. The highest BCUT2D eigenvalue weighted by Crippen LogP contribution is 2.28. The Morgan fingerprint density at radius 1 is 1.21 bits per heavy atom. The first kappa shape index (κ1) is 17.5. The van der Waals surface area contributed by atoms with Gasteiger partial charge in [0.05, 0.1) is 0 Å². The lowest BCUT2D eigenvalue weighted by atomic mass is 10.1. The van der Waals surface area contributed by atoms with Crippen molar-refractivity contribution in [3.05, 3.63) is 40.4 Å². The van der Waals surface area contributed by atoms with E-state index in [4.69, 9.17) is 0 Å².